The van der Waals surface area contributed by atoms with Gasteiger partial charge in [-0.1, -0.05) is 11.6 Å². The number of urea groups is 1. The highest BCUT2D eigenvalue weighted by Gasteiger charge is 2.18. The largest absolute Gasteiger partial charge is 0.480 e. The first-order valence-electron chi connectivity index (χ1n) is 5.15. The molecule has 9 heteroatoms. The van der Waals surface area contributed by atoms with Crippen molar-refractivity contribution in [1.29, 1.82) is 0 Å². The number of hydrogen-bond donors (Lipinski definition) is 3. The van der Waals surface area contributed by atoms with Gasteiger partial charge < -0.3 is 21.1 Å². The van der Waals surface area contributed by atoms with E-state index in [-0.39, 0.29) is 6.54 Å². The Morgan fingerprint density at radius 3 is 2.53 bits per heavy atom. The van der Waals surface area contributed by atoms with Gasteiger partial charge in [0, 0.05) is 4.88 Å². The van der Waals surface area contributed by atoms with Crippen LogP contribution in [0.25, 0.3) is 0 Å². The van der Waals surface area contributed by atoms with Crippen LogP contribution in [0.2, 0.25) is 4.34 Å². The summed E-state index contributed by atoms with van der Waals surface area (Å²) in [5.74, 6) is -2.01. The van der Waals surface area contributed by atoms with Crippen molar-refractivity contribution >= 4 is 40.8 Å². The molecule has 0 saturated heterocycles. The maximum absolute atomic E-state index is 11.7. The summed E-state index contributed by atoms with van der Waals surface area (Å²) in [5.41, 5.74) is 4.95. The lowest BCUT2D eigenvalue weighted by atomic mass is 10.4. The fourth-order valence-corrected chi connectivity index (χ4v) is 2.30. The molecule has 3 amide bonds. The van der Waals surface area contributed by atoms with Crippen LogP contribution in [0.3, 0.4) is 0 Å². The van der Waals surface area contributed by atoms with Crippen LogP contribution in [0.1, 0.15) is 4.88 Å². The van der Waals surface area contributed by atoms with Crippen LogP contribution >= 0.6 is 22.9 Å². The normalized spacial score (nSPS) is 9.95. The molecule has 1 heterocycles. The van der Waals surface area contributed by atoms with E-state index in [1.54, 1.807) is 12.1 Å². The molecule has 7 nitrogen and oxygen atoms in total. The SMILES string of the molecule is NC(=O)CN(CC(=O)O)C(=O)NCc1ccc(Cl)s1. The second-order valence-corrected chi connectivity index (χ2v) is 5.38. The first kappa shape index (κ1) is 15.3. The molecule has 0 aliphatic heterocycles. The average Bonchev–Trinajstić information content (AvgIpc) is 2.70. The molecule has 19 heavy (non-hydrogen) atoms. The van der Waals surface area contributed by atoms with Gasteiger partial charge in [0.25, 0.3) is 0 Å². The van der Waals surface area contributed by atoms with Crippen LogP contribution in [-0.2, 0) is 16.1 Å². The van der Waals surface area contributed by atoms with E-state index in [1.165, 1.54) is 11.3 Å². The van der Waals surface area contributed by atoms with E-state index in [4.69, 9.17) is 22.4 Å². The quantitative estimate of drug-likeness (QED) is 0.709. The number of aliphatic carboxylic acids is 1. The van der Waals surface area contributed by atoms with Crippen LogP contribution in [0.4, 0.5) is 4.79 Å². The highest BCUT2D eigenvalue weighted by atomic mass is 35.5. The highest BCUT2D eigenvalue weighted by Crippen LogP contribution is 2.20. The van der Waals surface area contributed by atoms with Gasteiger partial charge in [0.2, 0.25) is 5.91 Å². The molecule has 0 aliphatic carbocycles. The van der Waals surface area contributed by atoms with Crippen molar-refractivity contribution in [3.63, 3.8) is 0 Å². The summed E-state index contributed by atoms with van der Waals surface area (Å²) in [6.45, 7) is -0.853. The van der Waals surface area contributed by atoms with E-state index in [0.717, 1.165) is 9.78 Å². The number of primary amides is 1. The molecule has 1 aromatic heterocycles. The topological polar surface area (TPSA) is 113 Å². The summed E-state index contributed by atoms with van der Waals surface area (Å²) >= 11 is 7.03. The third-order valence-electron chi connectivity index (χ3n) is 2.00. The molecule has 0 radical (unpaired) electrons. The summed E-state index contributed by atoms with van der Waals surface area (Å²) in [6.07, 6.45) is 0. The van der Waals surface area contributed by atoms with Crippen molar-refractivity contribution in [2.24, 2.45) is 5.73 Å². The third kappa shape index (κ3) is 5.58. The summed E-state index contributed by atoms with van der Waals surface area (Å²) in [6, 6.07) is 2.75. The number of thiophene rings is 1. The fraction of sp³-hybridized carbons (Fsp3) is 0.300. The molecule has 0 fully saturated rings. The fourth-order valence-electron chi connectivity index (χ4n) is 1.27. The Bertz CT molecular complexity index is 475. The summed E-state index contributed by atoms with van der Waals surface area (Å²) in [7, 11) is 0. The minimum absolute atomic E-state index is 0.200. The molecular weight excluding hydrogens is 294 g/mol. The first-order chi connectivity index (χ1) is 8.88. The zero-order valence-electron chi connectivity index (χ0n) is 9.76. The lowest BCUT2D eigenvalue weighted by molar-refractivity contribution is -0.137. The second kappa shape index (κ2) is 6.95. The van der Waals surface area contributed by atoms with Crippen molar-refractivity contribution < 1.29 is 19.5 Å². The number of nitrogens with one attached hydrogen (secondary N) is 1. The van der Waals surface area contributed by atoms with Gasteiger partial charge in [0.15, 0.2) is 0 Å². The van der Waals surface area contributed by atoms with Gasteiger partial charge in [0.1, 0.15) is 13.1 Å². The zero-order valence-corrected chi connectivity index (χ0v) is 11.3. The van der Waals surface area contributed by atoms with Crippen molar-refractivity contribution in [1.82, 2.24) is 10.2 Å². The molecule has 104 valence electrons. The first-order valence-corrected chi connectivity index (χ1v) is 6.35. The van der Waals surface area contributed by atoms with Crippen LogP contribution in [0.15, 0.2) is 12.1 Å². The standard InChI is InChI=1S/C10H12ClN3O4S/c11-7-2-1-6(19-7)3-13-10(18)14(4-8(12)15)5-9(16)17/h1-2H,3-5H2,(H2,12,15)(H,13,18)(H,16,17). The Morgan fingerprint density at radius 2 is 2.05 bits per heavy atom. The smallest absolute Gasteiger partial charge is 0.323 e. The van der Waals surface area contributed by atoms with Gasteiger partial charge >= 0.3 is 12.0 Å². The number of nitrogens with two attached hydrogens (primary N) is 1. The monoisotopic (exact) mass is 305 g/mol. The van der Waals surface area contributed by atoms with Gasteiger partial charge in [-0.2, -0.15) is 0 Å². The molecule has 0 bridgehead atoms. The molecule has 0 saturated carbocycles. The molecule has 0 unspecified atom stereocenters. The predicted molar refractivity (Wildman–Crippen MR) is 70.0 cm³/mol. The second-order valence-electron chi connectivity index (χ2n) is 3.58. The predicted octanol–water partition coefficient (Wildman–Crippen LogP) is 0.483. The van der Waals surface area contributed by atoms with Crippen LogP contribution in [0.5, 0.6) is 0 Å². The number of halogens is 1. The number of nitrogens with zero attached hydrogens (tertiary/aromatic N) is 1. The van der Waals surface area contributed by atoms with Crippen LogP contribution in [-0.4, -0.2) is 41.0 Å². The number of rotatable bonds is 6. The van der Waals surface area contributed by atoms with Gasteiger partial charge in [-0.05, 0) is 12.1 Å². The number of hydrogen-bond acceptors (Lipinski definition) is 4. The van der Waals surface area contributed by atoms with Gasteiger partial charge in [0.05, 0.1) is 10.9 Å². The molecular formula is C10H12ClN3O4S. The molecule has 1 rings (SSSR count). The Labute approximate surface area is 117 Å². The number of amides is 3. The average molecular weight is 306 g/mol. The van der Waals surface area contributed by atoms with Crippen molar-refractivity contribution in [2.75, 3.05) is 13.1 Å². The number of carboxylic acids is 1. The zero-order chi connectivity index (χ0) is 14.4. The summed E-state index contributed by atoms with van der Waals surface area (Å²) < 4.78 is 0.587. The van der Waals surface area contributed by atoms with Crippen LogP contribution < -0.4 is 11.1 Å². The molecule has 0 spiro atoms. The van der Waals surface area contributed by atoms with E-state index in [2.05, 4.69) is 5.32 Å². The molecule has 0 aliphatic rings. The van der Waals surface area contributed by atoms with Gasteiger partial charge in [-0.25, -0.2) is 4.79 Å². The third-order valence-corrected chi connectivity index (χ3v) is 3.23. The Balaban J connectivity index is 2.55. The lowest BCUT2D eigenvalue weighted by Gasteiger charge is -2.19. The maximum Gasteiger partial charge on any atom is 0.323 e. The Hall–Kier alpha value is -1.80. The summed E-state index contributed by atoms with van der Waals surface area (Å²) in [5, 5.41) is 11.1. The Kier molecular flexibility index (Phi) is 5.58. The number of carboxylic acid groups (broad SMARTS) is 1. The number of carbonyl (C=O) groups excluding carboxylic acids is 2. The van der Waals surface area contributed by atoms with E-state index in [1.807, 2.05) is 0 Å². The van der Waals surface area contributed by atoms with E-state index in [0.29, 0.717) is 4.34 Å². The summed E-state index contributed by atoms with van der Waals surface area (Å²) in [4.78, 5) is 34.7. The van der Waals surface area contributed by atoms with E-state index in [9.17, 15) is 14.4 Å². The molecule has 0 atom stereocenters. The lowest BCUT2D eigenvalue weighted by Crippen LogP contribution is -2.46. The molecule has 1 aromatic rings. The van der Waals surface area contributed by atoms with Gasteiger partial charge in [-0.3, -0.25) is 9.59 Å². The molecule has 4 N–H and O–H groups in total. The number of carbonyl (C=O) groups is 3. The van der Waals surface area contributed by atoms with Crippen molar-refractivity contribution in [2.45, 2.75) is 6.54 Å². The van der Waals surface area contributed by atoms with Crippen molar-refractivity contribution in [3.05, 3.63) is 21.3 Å². The maximum atomic E-state index is 11.7. The van der Waals surface area contributed by atoms with E-state index < -0.39 is 31.0 Å². The minimum atomic E-state index is -1.23. The van der Waals surface area contributed by atoms with E-state index >= 15 is 0 Å². The Morgan fingerprint density at radius 1 is 1.37 bits per heavy atom. The van der Waals surface area contributed by atoms with Gasteiger partial charge in [-0.15, -0.1) is 11.3 Å². The molecule has 0 aromatic carbocycles. The highest BCUT2D eigenvalue weighted by molar-refractivity contribution is 7.16. The van der Waals surface area contributed by atoms with Crippen molar-refractivity contribution in [3.8, 4) is 0 Å². The minimum Gasteiger partial charge on any atom is -0.480 e. The van der Waals surface area contributed by atoms with Crippen LogP contribution in [0, 0.1) is 0 Å².